The third kappa shape index (κ3) is 2.32. The van der Waals surface area contributed by atoms with Crippen LogP contribution in [-0.4, -0.2) is 13.0 Å². The van der Waals surface area contributed by atoms with Crippen molar-refractivity contribution in [2.75, 3.05) is 11.9 Å². The van der Waals surface area contributed by atoms with Crippen molar-refractivity contribution in [1.82, 2.24) is 0 Å². The van der Waals surface area contributed by atoms with Gasteiger partial charge in [0.1, 0.15) is 5.41 Å². The lowest BCUT2D eigenvalue weighted by atomic mass is 9.49. The third-order valence-corrected chi connectivity index (χ3v) is 7.55. The zero-order chi connectivity index (χ0) is 22.8. The van der Waals surface area contributed by atoms with Crippen LogP contribution in [0, 0.1) is 56.7 Å². The molecule has 2 N–H and O–H groups in total. The SMILES string of the molecule is CN1C(=O)[C@@]2(C(C#N)=C(N)C(C#N)(C#N)C3=CC[C@@H](C(C)(C)C)C[C@@H]32)c2ccccc21. The summed E-state index contributed by atoms with van der Waals surface area (Å²) in [6.45, 7) is 6.46. The number of amides is 1. The van der Waals surface area contributed by atoms with Crippen LogP contribution in [0.15, 0.2) is 47.2 Å². The first-order valence-electron chi connectivity index (χ1n) is 10.4. The summed E-state index contributed by atoms with van der Waals surface area (Å²) >= 11 is 0. The topological polar surface area (TPSA) is 118 Å². The second-order valence-electron chi connectivity index (χ2n) is 9.81. The number of anilines is 1. The Hall–Kier alpha value is -3.56. The number of nitrogens with two attached hydrogens (primary N) is 1. The van der Waals surface area contributed by atoms with Crippen LogP contribution in [-0.2, 0) is 10.2 Å². The second-order valence-corrected chi connectivity index (χ2v) is 9.81. The van der Waals surface area contributed by atoms with Gasteiger partial charge in [0.2, 0.25) is 11.3 Å². The number of carbonyl (C=O) groups excluding carboxylic acids is 1. The Morgan fingerprint density at radius 3 is 2.39 bits per heavy atom. The molecule has 3 atom stereocenters. The van der Waals surface area contributed by atoms with E-state index >= 15 is 0 Å². The van der Waals surface area contributed by atoms with Gasteiger partial charge in [-0.25, -0.2) is 0 Å². The number of benzene rings is 1. The van der Waals surface area contributed by atoms with E-state index in [0.29, 0.717) is 18.4 Å². The number of fused-ring (bicyclic) bond motifs is 4. The molecule has 156 valence electrons. The van der Waals surface area contributed by atoms with E-state index in [1.54, 1.807) is 11.9 Å². The van der Waals surface area contributed by atoms with Gasteiger partial charge >= 0.3 is 0 Å². The molecule has 6 nitrogen and oxygen atoms in total. The smallest absolute Gasteiger partial charge is 0.243 e. The van der Waals surface area contributed by atoms with Crippen LogP contribution < -0.4 is 10.6 Å². The first-order chi connectivity index (χ1) is 14.6. The van der Waals surface area contributed by atoms with Gasteiger partial charge in [-0.05, 0) is 41.4 Å². The molecule has 0 bridgehead atoms. The van der Waals surface area contributed by atoms with Gasteiger partial charge in [0, 0.05) is 18.7 Å². The number of rotatable bonds is 0. The minimum atomic E-state index is -1.74. The Bertz CT molecular complexity index is 1170. The molecule has 1 aromatic carbocycles. The average Bonchev–Trinajstić information content (AvgIpc) is 2.97. The summed E-state index contributed by atoms with van der Waals surface area (Å²) in [5.74, 6) is -0.508. The van der Waals surface area contributed by atoms with Crippen molar-refractivity contribution in [1.29, 1.82) is 15.8 Å². The van der Waals surface area contributed by atoms with E-state index in [4.69, 9.17) is 5.73 Å². The molecule has 0 unspecified atom stereocenters. The normalized spacial score (nSPS) is 28.9. The molecule has 0 saturated heterocycles. The highest BCUT2D eigenvalue weighted by Gasteiger charge is 2.66. The van der Waals surface area contributed by atoms with Gasteiger partial charge in [-0.2, -0.15) is 15.8 Å². The predicted molar refractivity (Wildman–Crippen MR) is 116 cm³/mol. The molecule has 1 amide bonds. The number of hydrogen-bond acceptors (Lipinski definition) is 5. The number of nitrogens with zero attached hydrogens (tertiary/aromatic N) is 4. The van der Waals surface area contributed by atoms with Gasteiger partial charge in [0.15, 0.2) is 0 Å². The first-order valence-corrected chi connectivity index (χ1v) is 10.4. The van der Waals surface area contributed by atoms with E-state index in [9.17, 15) is 20.6 Å². The maximum Gasteiger partial charge on any atom is 0.243 e. The fourth-order valence-electron chi connectivity index (χ4n) is 5.77. The van der Waals surface area contributed by atoms with Crippen molar-refractivity contribution in [2.24, 2.45) is 28.4 Å². The molecule has 0 radical (unpaired) electrons. The number of nitriles is 3. The average molecular weight is 412 g/mol. The summed E-state index contributed by atoms with van der Waals surface area (Å²) in [6.07, 6.45) is 3.22. The summed E-state index contributed by atoms with van der Waals surface area (Å²) in [6, 6.07) is 13.8. The molecule has 31 heavy (non-hydrogen) atoms. The molecule has 0 aromatic heterocycles. The quantitative estimate of drug-likeness (QED) is 0.653. The van der Waals surface area contributed by atoms with E-state index in [1.165, 1.54) is 0 Å². The first kappa shape index (κ1) is 20.7. The van der Waals surface area contributed by atoms with E-state index in [1.807, 2.05) is 30.3 Å². The molecule has 3 aliphatic rings. The van der Waals surface area contributed by atoms with Crippen molar-refractivity contribution in [3.05, 3.63) is 52.7 Å². The Morgan fingerprint density at radius 2 is 1.81 bits per heavy atom. The summed E-state index contributed by atoms with van der Waals surface area (Å²) in [5.41, 5.74) is 5.27. The number of allylic oxidation sites excluding steroid dienone is 2. The van der Waals surface area contributed by atoms with E-state index < -0.39 is 16.7 Å². The summed E-state index contributed by atoms with van der Waals surface area (Å²) in [4.78, 5) is 15.5. The second kappa shape index (κ2) is 6.47. The van der Waals surface area contributed by atoms with Gasteiger partial charge < -0.3 is 10.6 Å². The van der Waals surface area contributed by atoms with Crippen LogP contribution in [0.5, 0.6) is 0 Å². The van der Waals surface area contributed by atoms with Crippen molar-refractivity contribution in [3.8, 4) is 18.2 Å². The maximum absolute atomic E-state index is 13.9. The molecular weight excluding hydrogens is 386 g/mol. The van der Waals surface area contributed by atoms with Crippen LogP contribution in [0.4, 0.5) is 5.69 Å². The molecule has 2 aliphatic carbocycles. The molecule has 1 aromatic rings. The van der Waals surface area contributed by atoms with Gasteiger partial charge in [0.05, 0.1) is 29.5 Å². The van der Waals surface area contributed by atoms with Crippen molar-refractivity contribution < 1.29 is 4.79 Å². The van der Waals surface area contributed by atoms with E-state index in [2.05, 4.69) is 39.0 Å². The third-order valence-electron chi connectivity index (χ3n) is 7.55. The highest BCUT2D eigenvalue weighted by atomic mass is 16.2. The minimum Gasteiger partial charge on any atom is -0.399 e. The molecular formula is C25H25N5O. The molecule has 6 heteroatoms. The van der Waals surface area contributed by atoms with Crippen LogP contribution in [0.2, 0.25) is 0 Å². The fourth-order valence-corrected chi connectivity index (χ4v) is 5.77. The molecule has 0 saturated carbocycles. The Balaban J connectivity index is 2.15. The van der Waals surface area contributed by atoms with Crippen molar-refractivity contribution in [3.63, 3.8) is 0 Å². The summed E-state index contributed by atoms with van der Waals surface area (Å²) in [7, 11) is 1.70. The number of hydrogen-bond donors (Lipinski definition) is 1. The summed E-state index contributed by atoms with van der Waals surface area (Å²) in [5, 5.41) is 30.5. The Morgan fingerprint density at radius 1 is 1.16 bits per heavy atom. The molecule has 1 spiro atoms. The lowest BCUT2D eigenvalue weighted by Crippen LogP contribution is -2.55. The number of likely N-dealkylation sites (N-methyl/N-ethyl adjacent to an activating group) is 1. The highest BCUT2D eigenvalue weighted by Crippen LogP contribution is 2.63. The standard InChI is InChI=1S/C25H25N5O/c1-23(2,3)15-9-10-16-18(11-15)25(19(12-26)21(29)24(16,13-27)14-28)17-7-5-6-8-20(17)30(4)22(25)31/h5-8,10,15,18H,9,11,29H2,1-4H3/t15-,18+,25+/m1/s1. The van der Waals surface area contributed by atoms with Crippen molar-refractivity contribution in [2.45, 2.75) is 39.0 Å². The molecule has 1 heterocycles. The maximum atomic E-state index is 13.9. The molecule has 1 aliphatic heterocycles. The fraction of sp³-hybridized carbons (Fsp3) is 0.440. The van der Waals surface area contributed by atoms with E-state index in [0.717, 1.165) is 11.3 Å². The van der Waals surface area contributed by atoms with Crippen LogP contribution >= 0.6 is 0 Å². The number of para-hydroxylation sites is 1. The van der Waals surface area contributed by atoms with Crippen LogP contribution in [0.25, 0.3) is 0 Å². The monoisotopic (exact) mass is 411 g/mol. The minimum absolute atomic E-state index is 0.0362. The zero-order valence-electron chi connectivity index (χ0n) is 18.2. The van der Waals surface area contributed by atoms with Crippen LogP contribution in [0.3, 0.4) is 0 Å². The lowest BCUT2D eigenvalue weighted by molar-refractivity contribution is -0.123. The zero-order valence-corrected chi connectivity index (χ0v) is 18.2. The predicted octanol–water partition coefficient (Wildman–Crippen LogP) is 3.68. The Kier molecular flexibility index (Phi) is 4.32. The highest BCUT2D eigenvalue weighted by molar-refractivity contribution is 6.11. The lowest BCUT2D eigenvalue weighted by Gasteiger charge is -2.50. The van der Waals surface area contributed by atoms with Crippen LogP contribution in [0.1, 0.15) is 39.2 Å². The largest absolute Gasteiger partial charge is 0.399 e. The van der Waals surface area contributed by atoms with Gasteiger partial charge in [-0.3, -0.25) is 4.79 Å². The van der Waals surface area contributed by atoms with Crippen molar-refractivity contribution >= 4 is 11.6 Å². The Labute approximate surface area is 182 Å². The number of carbonyl (C=O) groups is 1. The van der Waals surface area contributed by atoms with Gasteiger partial charge in [-0.1, -0.05) is 45.0 Å². The molecule has 0 fully saturated rings. The van der Waals surface area contributed by atoms with Gasteiger partial charge in [0.25, 0.3) is 0 Å². The van der Waals surface area contributed by atoms with E-state index in [-0.39, 0.29) is 28.5 Å². The van der Waals surface area contributed by atoms with Gasteiger partial charge in [-0.15, -0.1) is 0 Å². The molecule has 4 rings (SSSR count). The summed E-state index contributed by atoms with van der Waals surface area (Å²) < 4.78 is 0.